The molecule has 3 aromatic carbocycles. The normalized spacial score (nSPS) is 15.5. The smallest absolute Gasteiger partial charge is 0.277 e. The Morgan fingerprint density at radius 2 is 1.68 bits per heavy atom. The van der Waals surface area contributed by atoms with E-state index in [1.165, 1.54) is 38.4 Å². The number of fused-ring (bicyclic) bond motifs is 1. The molecule has 0 aromatic heterocycles. The lowest BCUT2D eigenvalue weighted by molar-refractivity contribution is -0.383. The van der Waals surface area contributed by atoms with Crippen LogP contribution in [0.4, 0.5) is 5.69 Å². The van der Waals surface area contributed by atoms with Gasteiger partial charge in [-0.1, -0.05) is 36.8 Å². The summed E-state index contributed by atoms with van der Waals surface area (Å²) >= 11 is 0. The third-order valence-corrected chi connectivity index (χ3v) is 5.84. The van der Waals surface area contributed by atoms with Gasteiger partial charge in [0.15, 0.2) is 0 Å². The lowest BCUT2D eigenvalue weighted by Crippen LogP contribution is -2.33. The molecule has 0 bridgehead atoms. The summed E-state index contributed by atoms with van der Waals surface area (Å²) in [6, 6.07) is 18.4. The van der Waals surface area contributed by atoms with Crippen molar-refractivity contribution in [3.05, 3.63) is 76.3 Å². The summed E-state index contributed by atoms with van der Waals surface area (Å²) in [4.78, 5) is 13.4. The van der Waals surface area contributed by atoms with Crippen molar-refractivity contribution in [3.63, 3.8) is 0 Å². The fourth-order valence-corrected chi connectivity index (χ4v) is 4.09. The van der Waals surface area contributed by atoms with E-state index >= 15 is 0 Å². The second-order valence-corrected chi connectivity index (χ2v) is 7.97. The van der Waals surface area contributed by atoms with Crippen molar-refractivity contribution in [2.24, 2.45) is 0 Å². The molecule has 3 aromatic rings. The van der Waals surface area contributed by atoms with E-state index in [1.54, 1.807) is 18.2 Å². The first kappa shape index (κ1) is 21.1. The number of ether oxygens (including phenoxy) is 2. The van der Waals surface area contributed by atoms with Crippen LogP contribution >= 0.6 is 0 Å². The minimum atomic E-state index is -0.362. The van der Waals surface area contributed by atoms with Gasteiger partial charge in [0.1, 0.15) is 24.2 Å². The van der Waals surface area contributed by atoms with Crippen molar-refractivity contribution in [2.45, 2.75) is 32.3 Å². The van der Waals surface area contributed by atoms with Gasteiger partial charge in [-0.2, -0.15) is 0 Å². The molecule has 1 unspecified atom stereocenters. The van der Waals surface area contributed by atoms with E-state index in [0.717, 1.165) is 23.2 Å². The largest absolute Gasteiger partial charge is 0.492 e. The van der Waals surface area contributed by atoms with Crippen LogP contribution in [0.3, 0.4) is 0 Å². The number of hydrogen-bond acceptors (Lipinski definition) is 5. The van der Waals surface area contributed by atoms with Gasteiger partial charge in [-0.3, -0.25) is 15.0 Å². The third-order valence-electron chi connectivity index (χ3n) is 5.84. The fraction of sp³-hybridized carbons (Fsp3) is 0.360. The first-order chi connectivity index (χ1) is 15.1. The lowest BCUT2D eigenvalue weighted by atomic mass is 10.1. The maximum Gasteiger partial charge on any atom is 0.277 e. The van der Waals surface area contributed by atoms with Gasteiger partial charge in [0.05, 0.1) is 10.3 Å². The van der Waals surface area contributed by atoms with E-state index in [4.69, 9.17) is 9.47 Å². The van der Waals surface area contributed by atoms with Crippen molar-refractivity contribution >= 4 is 16.5 Å². The Hall–Kier alpha value is -3.12. The van der Waals surface area contributed by atoms with Gasteiger partial charge in [-0.25, -0.2) is 0 Å². The highest BCUT2D eigenvalue weighted by Gasteiger charge is 2.17. The number of nitro groups is 1. The molecule has 6 nitrogen and oxygen atoms in total. The Labute approximate surface area is 182 Å². The van der Waals surface area contributed by atoms with Crippen LogP contribution in [0, 0.1) is 10.1 Å². The molecule has 1 heterocycles. The number of likely N-dealkylation sites (tertiary alicyclic amines) is 1. The molecule has 1 aliphatic heterocycles. The molecule has 0 aliphatic carbocycles. The second kappa shape index (κ2) is 9.79. The van der Waals surface area contributed by atoms with Gasteiger partial charge in [-0.05, 0) is 62.7 Å². The molecule has 1 aliphatic rings. The molecule has 162 valence electrons. The highest BCUT2D eigenvalue weighted by molar-refractivity contribution is 5.95. The van der Waals surface area contributed by atoms with E-state index in [1.807, 2.05) is 43.3 Å². The maximum atomic E-state index is 11.3. The number of non-ortho nitro benzene ring substituents is 1. The monoisotopic (exact) mass is 420 g/mol. The first-order valence-corrected chi connectivity index (χ1v) is 10.9. The van der Waals surface area contributed by atoms with Gasteiger partial charge in [0.2, 0.25) is 0 Å². The van der Waals surface area contributed by atoms with E-state index in [9.17, 15) is 10.1 Å². The van der Waals surface area contributed by atoms with Crippen LogP contribution in [0.1, 0.15) is 37.9 Å². The summed E-state index contributed by atoms with van der Waals surface area (Å²) in [5.41, 5.74) is 1.10. The summed E-state index contributed by atoms with van der Waals surface area (Å²) < 4.78 is 12.1. The number of piperidine rings is 1. The van der Waals surface area contributed by atoms with Gasteiger partial charge in [-0.15, -0.1) is 0 Å². The number of rotatable bonds is 8. The second-order valence-electron chi connectivity index (χ2n) is 7.97. The van der Waals surface area contributed by atoms with E-state index < -0.39 is 0 Å². The SMILES string of the molecule is CC(Oc1ccc([N+](=O)[O-])c2ccccc12)c1ccc(OCCN2CCCCC2)cc1. The summed E-state index contributed by atoms with van der Waals surface area (Å²) in [5, 5.41) is 12.6. The fourth-order valence-electron chi connectivity index (χ4n) is 4.09. The number of hydrogen-bond donors (Lipinski definition) is 0. The Balaban J connectivity index is 1.39. The zero-order valence-electron chi connectivity index (χ0n) is 17.8. The molecule has 4 rings (SSSR count). The van der Waals surface area contributed by atoms with Crippen molar-refractivity contribution in [3.8, 4) is 11.5 Å². The van der Waals surface area contributed by atoms with E-state index in [0.29, 0.717) is 17.7 Å². The summed E-state index contributed by atoms with van der Waals surface area (Å²) in [7, 11) is 0. The summed E-state index contributed by atoms with van der Waals surface area (Å²) in [5.74, 6) is 1.49. The van der Waals surface area contributed by atoms with Gasteiger partial charge in [0.25, 0.3) is 5.69 Å². The van der Waals surface area contributed by atoms with Crippen molar-refractivity contribution in [1.29, 1.82) is 0 Å². The predicted molar refractivity (Wildman–Crippen MR) is 122 cm³/mol. The van der Waals surface area contributed by atoms with Crippen molar-refractivity contribution in [1.82, 2.24) is 4.90 Å². The Morgan fingerprint density at radius 1 is 0.968 bits per heavy atom. The zero-order chi connectivity index (χ0) is 21.6. The molecule has 1 saturated heterocycles. The minimum absolute atomic E-state index is 0.0849. The maximum absolute atomic E-state index is 11.3. The molecule has 1 fully saturated rings. The lowest BCUT2D eigenvalue weighted by Gasteiger charge is -2.26. The molecular formula is C25H28N2O4. The topological polar surface area (TPSA) is 64.8 Å². The van der Waals surface area contributed by atoms with Crippen LogP contribution in [0.15, 0.2) is 60.7 Å². The van der Waals surface area contributed by atoms with E-state index in [-0.39, 0.29) is 16.7 Å². The number of nitrogens with zero attached hydrogens (tertiary/aromatic N) is 2. The Kier molecular flexibility index (Phi) is 6.67. The quantitative estimate of drug-likeness (QED) is 0.343. The van der Waals surface area contributed by atoms with Crippen molar-refractivity contribution < 1.29 is 14.4 Å². The van der Waals surface area contributed by atoms with Gasteiger partial charge >= 0.3 is 0 Å². The molecule has 0 radical (unpaired) electrons. The summed E-state index contributed by atoms with van der Waals surface area (Å²) in [6.45, 7) is 5.99. The Morgan fingerprint density at radius 3 is 2.39 bits per heavy atom. The number of nitro benzene ring substituents is 1. The van der Waals surface area contributed by atoms with Gasteiger partial charge in [0, 0.05) is 18.0 Å². The summed E-state index contributed by atoms with van der Waals surface area (Å²) in [6.07, 6.45) is 3.72. The molecular weight excluding hydrogens is 392 g/mol. The highest BCUT2D eigenvalue weighted by atomic mass is 16.6. The number of benzene rings is 3. The molecule has 0 amide bonds. The van der Waals surface area contributed by atoms with Crippen LogP contribution in [-0.4, -0.2) is 36.1 Å². The first-order valence-electron chi connectivity index (χ1n) is 10.9. The van der Waals surface area contributed by atoms with Crippen LogP contribution < -0.4 is 9.47 Å². The molecule has 1 atom stereocenters. The van der Waals surface area contributed by atoms with Crippen LogP contribution in [0.2, 0.25) is 0 Å². The predicted octanol–water partition coefficient (Wildman–Crippen LogP) is 5.75. The average molecular weight is 421 g/mol. The van der Waals surface area contributed by atoms with Crippen molar-refractivity contribution in [2.75, 3.05) is 26.2 Å². The standard InChI is InChI=1S/C25H28N2O4/c1-19(31-25-14-13-24(27(28)29)22-7-3-4-8-23(22)25)20-9-11-21(12-10-20)30-18-17-26-15-5-2-6-16-26/h3-4,7-14,19H,2,5-6,15-18H2,1H3. The van der Waals surface area contributed by atoms with Crippen LogP contribution in [0.25, 0.3) is 10.8 Å². The minimum Gasteiger partial charge on any atom is -0.492 e. The molecule has 31 heavy (non-hydrogen) atoms. The molecule has 0 saturated carbocycles. The molecule has 0 N–H and O–H groups in total. The molecule has 0 spiro atoms. The third kappa shape index (κ3) is 5.14. The van der Waals surface area contributed by atoms with Crippen LogP contribution in [0.5, 0.6) is 11.5 Å². The highest BCUT2D eigenvalue weighted by Crippen LogP contribution is 2.35. The Bertz CT molecular complexity index is 1030. The average Bonchev–Trinajstić information content (AvgIpc) is 2.80. The van der Waals surface area contributed by atoms with Gasteiger partial charge < -0.3 is 9.47 Å². The van der Waals surface area contributed by atoms with Crippen LogP contribution in [-0.2, 0) is 0 Å². The zero-order valence-corrected chi connectivity index (χ0v) is 17.8. The van der Waals surface area contributed by atoms with E-state index in [2.05, 4.69) is 4.90 Å². The molecule has 6 heteroatoms.